The highest BCUT2D eigenvalue weighted by molar-refractivity contribution is 5.93. The lowest BCUT2D eigenvalue weighted by atomic mass is 10.1. The van der Waals surface area contributed by atoms with Crippen molar-refractivity contribution in [1.82, 2.24) is 29.1 Å². The van der Waals surface area contributed by atoms with E-state index in [1.54, 1.807) is 31.7 Å². The molecule has 5 aromatic rings. The van der Waals surface area contributed by atoms with Gasteiger partial charge in [0.15, 0.2) is 11.3 Å². The predicted octanol–water partition coefficient (Wildman–Crippen LogP) is 3.48. The Morgan fingerprint density at radius 3 is 2.83 bits per heavy atom. The Morgan fingerprint density at radius 2 is 2.00 bits per heavy atom. The number of halogens is 1. The Hall–Kier alpha value is -3.81. The Labute approximate surface area is 170 Å². The van der Waals surface area contributed by atoms with E-state index < -0.39 is 0 Å². The van der Waals surface area contributed by atoms with Crippen LogP contribution < -0.4 is 5.56 Å². The molecule has 0 aliphatic carbocycles. The number of rotatable bonds is 3. The summed E-state index contributed by atoms with van der Waals surface area (Å²) in [6.45, 7) is 4.09. The van der Waals surface area contributed by atoms with Crippen LogP contribution in [0, 0.1) is 19.7 Å². The van der Waals surface area contributed by atoms with E-state index in [0.717, 1.165) is 16.5 Å². The number of pyridine rings is 1. The van der Waals surface area contributed by atoms with E-state index in [4.69, 9.17) is 4.98 Å². The molecule has 8 heteroatoms. The van der Waals surface area contributed by atoms with Crippen molar-refractivity contribution < 1.29 is 4.39 Å². The van der Waals surface area contributed by atoms with Crippen LogP contribution >= 0.6 is 0 Å². The minimum Gasteiger partial charge on any atom is -0.357 e. The quantitative estimate of drug-likeness (QED) is 0.501. The minimum absolute atomic E-state index is 0.108. The zero-order valence-corrected chi connectivity index (χ0v) is 16.8. The first kappa shape index (κ1) is 18.2. The highest BCUT2D eigenvalue weighted by Gasteiger charge is 2.16. The van der Waals surface area contributed by atoms with Gasteiger partial charge in [0.05, 0.1) is 18.4 Å². The fourth-order valence-corrected chi connectivity index (χ4v) is 3.79. The maximum Gasteiger partial charge on any atom is 0.274 e. The molecule has 0 aliphatic heterocycles. The first-order chi connectivity index (χ1) is 14.4. The number of aromatic amines is 1. The second-order valence-corrected chi connectivity index (χ2v) is 7.47. The van der Waals surface area contributed by atoms with Gasteiger partial charge in [-0.15, -0.1) is 0 Å². The number of aromatic nitrogens is 6. The first-order valence-corrected chi connectivity index (χ1v) is 9.54. The standard InChI is InChI=1S/C22H19FN6O/c1-12-4-5-17(23)14(8-12)10-29-13(2)26-20-21(29)27-18(9-25-20)16-11-28(3)22(30)19-15(16)6-7-24-19/h4-9,11,24H,10H2,1-3H3. The summed E-state index contributed by atoms with van der Waals surface area (Å²) in [6, 6.07) is 6.90. The second kappa shape index (κ2) is 6.62. The Morgan fingerprint density at radius 1 is 1.17 bits per heavy atom. The van der Waals surface area contributed by atoms with E-state index in [2.05, 4.69) is 15.0 Å². The largest absolute Gasteiger partial charge is 0.357 e. The van der Waals surface area contributed by atoms with Gasteiger partial charge in [-0.05, 0) is 26.0 Å². The van der Waals surface area contributed by atoms with Gasteiger partial charge in [0.2, 0.25) is 0 Å². The van der Waals surface area contributed by atoms with Gasteiger partial charge in [-0.1, -0.05) is 17.7 Å². The topological polar surface area (TPSA) is 81.4 Å². The summed E-state index contributed by atoms with van der Waals surface area (Å²) in [7, 11) is 1.70. The minimum atomic E-state index is -0.266. The fourth-order valence-electron chi connectivity index (χ4n) is 3.79. The van der Waals surface area contributed by atoms with Crippen LogP contribution in [0.1, 0.15) is 17.0 Å². The van der Waals surface area contributed by atoms with Crippen LogP contribution in [0.4, 0.5) is 4.39 Å². The van der Waals surface area contributed by atoms with Gasteiger partial charge in [-0.3, -0.25) is 4.79 Å². The van der Waals surface area contributed by atoms with Gasteiger partial charge in [0, 0.05) is 36.0 Å². The van der Waals surface area contributed by atoms with Crippen LogP contribution in [-0.4, -0.2) is 29.1 Å². The normalized spacial score (nSPS) is 11.6. The van der Waals surface area contributed by atoms with Gasteiger partial charge in [-0.2, -0.15) is 0 Å². The Balaban J connectivity index is 1.70. The summed E-state index contributed by atoms with van der Waals surface area (Å²) < 4.78 is 17.7. The van der Waals surface area contributed by atoms with Crippen molar-refractivity contribution in [3.05, 3.63) is 76.0 Å². The zero-order valence-electron chi connectivity index (χ0n) is 16.8. The first-order valence-electron chi connectivity index (χ1n) is 9.54. The Kier molecular flexibility index (Phi) is 4.02. The van der Waals surface area contributed by atoms with E-state index in [9.17, 15) is 9.18 Å². The SMILES string of the molecule is Cc1ccc(F)c(Cn2c(C)nc3ncc(-c4cn(C)c(=O)c5[nH]ccc45)nc32)c1. The number of nitrogens with one attached hydrogen (secondary N) is 1. The van der Waals surface area contributed by atoms with E-state index in [1.807, 2.05) is 30.5 Å². The average molecular weight is 402 g/mol. The highest BCUT2D eigenvalue weighted by atomic mass is 19.1. The van der Waals surface area contributed by atoms with Crippen molar-refractivity contribution in [3.63, 3.8) is 0 Å². The lowest BCUT2D eigenvalue weighted by Crippen LogP contribution is -2.16. The molecular weight excluding hydrogens is 383 g/mol. The third-order valence-corrected chi connectivity index (χ3v) is 5.35. The zero-order chi connectivity index (χ0) is 21.0. The van der Waals surface area contributed by atoms with Crippen LogP contribution in [0.5, 0.6) is 0 Å². The molecule has 0 radical (unpaired) electrons. The van der Waals surface area contributed by atoms with E-state index >= 15 is 0 Å². The fraction of sp³-hybridized carbons (Fsp3) is 0.182. The number of hydrogen-bond acceptors (Lipinski definition) is 4. The van der Waals surface area contributed by atoms with Crippen molar-refractivity contribution in [1.29, 1.82) is 0 Å². The summed E-state index contributed by atoms with van der Waals surface area (Å²) in [5, 5.41) is 0.777. The molecule has 0 amide bonds. The average Bonchev–Trinajstić information content (AvgIpc) is 3.32. The molecule has 0 saturated carbocycles. The third kappa shape index (κ3) is 2.80. The molecule has 7 nitrogen and oxygen atoms in total. The van der Waals surface area contributed by atoms with Crippen molar-refractivity contribution in [3.8, 4) is 11.3 Å². The number of fused-ring (bicyclic) bond motifs is 2. The summed E-state index contributed by atoms with van der Waals surface area (Å²) >= 11 is 0. The van der Waals surface area contributed by atoms with E-state index in [0.29, 0.717) is 40.4 Å². The van der Waals surface area contributed by atoms with Gasteiger partial charge < -0.3 is 14.1 Å². The Bertz CT molecular complexity index is 1490. The smallest absolute Gasteiger partial charge is 0.274 e. The molecule has 5 rings (SSSR count). The number of benzene rings is 1. The van der Waals surface area contributed by atoms with E-state index in [-0.39, 0.29) is 11.4 Å². The molecule has 0 bridgehead atoms. The number of imidazole rings is 1. The number of nitrogens with zero attached hydrogens (tertiary/aromatic N) is 5. The van der Waals surface area contributed by atoms with Crippen molar-refractivity contribution in [2.24, 2.45) is 7.05 Å². The molecule has 0 fully saturated rings. The molecule has 0 saturated heterocycles. The van der Waals surface area contributed by atoms with Gasteiger partial charge >= 0.3 is 0 Å². The molecular formula is C22H19FN6O. The van der Waals surface area contributed by atoms with Crippen LogP contribution in [0.25, 0.3) is 33.5 Å². The number of H-pyrrole nitrogens is 1. The molecule has 0 unspecified atom stereocenters. The van der Waals surface area contributed by atoms with Crippen LogP contribution in [0.3, 0.4) is 0 Å². The van der Waals surface area contributed by atoms with Crippen molar-refractivity contribution >= 4 is 22.2 Å². The van der Waals surface area contributed by atoms with Crippen molar-refractivity contribution in [2.45, 2.75) is 20.4 Å². The number of hydrogen-bond donors (Lipinski definition) is 1. The molecule has 4 aromatic heterocycles. The molecule has 1 N–H and O–H groups in total. The lowest BCUT2D eigenvalue weighted by Gasteiger charge is -2.10. The van der Waals surface area contributed by atoms with E-state index in [1.165, 1.54) is 10.6 Å². The van der Waals surface area contributed by atoms with Crippen LogP contribution in [0.2, 0.25) is 0 Å². The van der Waals surface area contributed by atoms with Crippen LogP contribution in [0.15, 0.2) is 47.7 Å². The highest BCUT2D eigenvalue weighted by Crippen LogP contribution is 2.26. The van der Waals surface area contributed by atoms with Gasteiger partial charge in [0.25, 0.3) is 5.56 Å². The summed E-state index contributed by atoms with van der Waals surface area (Å²) in [5.74, 6) is 0.438. The summed E-state index contributed by atoms with van der Waals surface area (Å²) in [5.41, 5.74) is 4.44. The maximum absolute atomic E-state index is 14.4. The second-order valence-electron chi connectivity index (χ2n) is 7.47. The molecule has 30 heavy (non-hydrogen) atoms. The van der Waals surface area contributed by atoms with Crippen LogP contribution in [-0.2, 0) is 13.6 Å². The predicted molar refractivity (Wildman–Crippen MR) is 113 cm³/mol. The molecule has 1 aromatic carbocycles. The molecule has 4 heterocycles. The maximum atomic E-state index is 14.4. The van der Waals surface area contributed by atoms with Crippen molar-refractivity contribution in [2.75, 3.05) is 0 Å². The summed E-state index contributed by atoms with van der Waals surface area (Å²) in [4.78, 5) is 29.1. The molecule has 150 valence electrons. The van der Waals surface area contributed by atoms with Gasteiger partial charge in [-0.25, -0.2) is 19.3 Å². The monoisotopic (exact) mass is 402 g/mol. The molecule has 0 atom stereocenters. The third-order valence-electron chi connectivity index (χ3n) is 5.35. The number of aryl methyl sites for hydroxylation is 3. The van der Waals surface area contributed by atoms with Gasteiger partial charge in [0.1, 0.15) is 17.2 Å². The lowest BCUT2D eigenvalue weighted by molar-refractivity contribution is 0.598. The molecule has 0 aliphatic rings. The molecule has 0 spiro atoms. The summed E-state index contributed by atoms with van der Waals surface area (Å²) in [6.07, 6.45) is 5.14.